The Balaban J connectivity index is 1.46. The highest BCUT2D eigenvalue weighted by molar-refractivity contribution is 6.02. The second-order valence-corrected chi connectivity index (χ2v) is 8.02. The van der Waals surface area contributed by atoms with E-state index in [1.807, 2.05) is 19.1 Å². The third-order valence-electron chi connectivity index (χ3n) is 5.82. The van der Waals surface area contributed by atoms with Gasteiger partial charge in [0.15, 0.2) is 5.82 Å². The zero-order valence-electron chi connectivity index (χ0n) is 18.2. The van der Waals surface area contributed by atoms with Crippen molar-refractivity contribution in [1.29, 1.82) is 0 Å². The molecule has 4 aromatic rings. The highest BCUT2D eigenvalue weighted by atomic mass is 19.1. The number of hydrogen-bond donors (Lipinski definition) is 2. The van der Waals surface area contributed by atoms with Crippen LogP contribution < -0.4 is 10.1 Å². The highest BCUT2D eigenvalue weighted by Crippen LogP contribution is 2.49. The van der Waals surface area contributed by atoms with Crippen LogP contribution in [0.25, 0.3) is 22.5 Å². The van der Waals surface area contributed by atoms with Gasteiger partial charge in [-0.05, 0) is 71.7 Å². The molecule has 8 nitrogen and oxygen atoms in total. The number of aromatic nitrogens is 5. The van der Waals surface area contributed by atoms with Crippen LogP contribution in [-0.4, -0.2) is 38.1 Å². The zero-order valence-corrected chi connectivity index (χ0v) is 18.2. The maximum absolute atomic E-state index is 13.8. The van der Waals surface area contributed by atoms with Crippen molar-refractivity contribution in [2.45, 2.75) is 25.2 Å². The normalized spacial score (nSPS) is 14.0. The van der Waals surface area contributed by atoms with Crippen LogP contribution in [0.1, 0.15) is 25.3 Å². The number of carbonyl (C=O) groups excluding carboxylic acids is 1. The van der Waals surface area contributed by atoms with Gasteiger partial charge in [0.05, 0.1) is 12.0 Å². The molecule has 10 heteroatoms. The summed E-state index contributed by atoms with van der Waals surface area (Å²) in [5, 5.41) is 16.9. The summed E-state index contributed by atoms with van der Waals surface area (Å²) in [7, 11) is 0. The van der Waals surface area contributed by atoms with Gasteiger partial charge in [0.2, 0.25) is 11.8 Å². The fourth-order valence-corrected chi connectivity index (χ4v) is 3.97. The maximum atomic E-state index is 13.8. The largest absolute Gasteiger partial charge is 0.478 e. The van der Waals surface area contributed by atoms with Gasteiger partial charge in [-0.3, -0.25) is 4.79 Å². The molecule has 1 fully saturated rings. The van der Waals surface area contributed by atoms with E-state index in [0.717, 1.165) is 17.2 Å². The van der Waals surface area contributed by atoms with E-state index in [4.69, 9.17) is 4.74 Å². The van der Waals surface area contributed by atoms with E-state index >= 15 is 0 Å². The van der Waals surface area contributed by atoms with Crippen LogP contribution in [0.3, 0.4) is 0 Å². The summed E-state index contributed by atoms with van der Waals surface area (Å²) < 4.78 is 32.9. The summed E-state index contributed by atoms with van der Waals surface area (Å²) in [5.74, 6) is -0.811. The molecule has 2 N–H and O–H groups in total. The van der Waals surface area contributed by atoms with Gasteiger partial charge in [-0.25, -0.2) is 18.9 Å². The van der Waals surface area contributed by atoms with Crippen LogP contribution in [0.15, 0.2) is 54.7 Å². The second-order valence-electron chi connectivity index (χ2n) is 8.02. The van der Waals surface area contributed by atoms with Crippen LogP contribution in [0.4, 0.5) is 14.5 Å². The number of benzene rings is 2. The summed E-state index contributed by atoms with van der Waals surface area (Å²) in [6.07, 6.45) is 2.71. The number of rotatable bonds is 7. The van der Waals surface area contributed by atoms with Crippen molar-refractivity contribution >= 4 is 11.6 Å². The summed E-state index contributed by atoms with van der Waals surface area (Å²) in [6.45, 7) is 2.40. The Morgan fingerprint density at radius 3 is 2.50 bits per heavy atom. The van der Waals surface area contributed by atoms with Crippen LogP contribution in [0.5, 0.6) is 5.88 Å². The lowest BCUT2D eigenvalue weighted by molar-refractivity contribution is -0.118. The molecule has 2 aromatic carbocycles. The van der Waals surface area contributed by atoms with Crippen molar-refractivity contribution in [3.8, 4) is 28.4 Å². The Morgan fingerprint density at radius 1 is 1.09 bits per heavy atom. The van der Waals surface area contributed by atoms with Crippen molar-refractivity contribution in [3.63, 3.8) is 0 Å². The van der Waals surface area contributed by atoms with E-state index in [-0.39, 0.29) is 5.91 Å². The Hall–Kier alpha value is -4.21. The summed E-state index contributed by atoms with van der Waals surface area (Å²) in [4.78, 5) is 17.5. The number of amides is 1. The van der Waals surface area contributed by atoms with E-state index in [1.165, 1.54) is 12.1 Å². The molecule has 0 radical (unpaired) electrons. The van der Waals surface area contributed by atoms with Gasteiger partial charge in [-0.15, -0.1) is 5.10 Å². The number of halogens is 2. The van der Waals surface area contributed by atoms with Gasteiger partial charge in [-0.1, -0.05) is 6.07 Å². The van der Waals surface area contributed by atoms with E-state index in [0.29, 0.717) is 48.0 Å². The maximum Gasteiger partial charge on any atom is 0.235 e. The van der Waals surface area contributed by atoms with Gasteiger partial charge >= 0.3 is 0 Å². The minimum atomic E-state index is -0.950. The highest BCUT2D eigenvalue weighted by Gasteiger charge is 2.51. The Labute approximate surface area is 193 Å². The zero-order chi connectivity index (χ0) is 23.7. The first-order chi connectivity index (χ1) is 16.5. The number of anilines is 1. The number of aromatic amines is 1. The third kappa shape index (κ3) is 4.09. The fourth-order valence-electron chi connectivity index (χ4n) is 3.97. The van der Waals surface area contributed by atoms with Crippen molar-refractivity contribution in [3.05, 3.63) is 71.9 Å². The molecule has 172 valence electrons. The first kappa shape index (κ1) is 21.6. The lowest BCUT2D eigenvalue weighted by atomic mass is 9.94. The molecule has 1 saturated carbocycles. The first-order valence-corrected chi connectivity index (χ1v) is 10.7. The van der Waals surface area contributed by atoms with Gasteiger partial charge < -0.3 is 10.1 Å². The van der Waals surface area contributed by atoms with Crippen molar-refractivity contribution < 1.29 is 18.3 Å². The van der Waals surface area contributed by atoms with Crippen LogP contribution in [0, 0.1) is 11.6 Å². The van der Waals surface area contributed by atoms with Crippen molar-refractivity contribution in [1.82, 2.24) is 25.6 Å². The van der Waals surface area contributed by atoms with Gasteiger partial charge in [0.1, 0.15) is 11.6 Å². The molecule has 1 aliphatic carbocycles. The van der Waals surface area contributed by atoms with E-state index in [9.17, 15) is 13.6 Å². The molecule has 2 aromatic heterocycles. The number of tetrazole rings is 1. The molecule has 1 amide bonds. The second kappa shape index (κ2) is 8.62. The SMILES string of the molecule is CCOc1ccc(-c2ccc(NC(=O)C3(c4cc(F)cc(F)c4)CC3)cc2-c2nnn[nH]2)cn1. The molecule has 0 saturated heterocycles. The van der Waals surface area contributed by atoms with E-state index in [1.54, 1.807) is 24.4 Å². The lowest BCUT2D eigenvalue weighted by Gasteiger charge is -2.17. The molecule has 2 heterocycles. The first-order valence-electron chi connectivity index (χ1n) is 10.7. The summed E-state index contributed by atoms with van der Waals surface area (Å²) >= 11 is 0. The van der Waals surface area contributed by atoms with Crippen molar-refractivity contribution in [2.24, 2.45) is 0 Å². The van der Waals surface area contributed by atoms with Crippen molar-refractivity contribution in [2.75, 3.05) is 11.9 Å². The molecule has 0 unspecified atom stereocenters. The number of nitrogens with one attached hydrogen (secondary N) is 2. The smallest absolute Gasteiger partial charge is 0.235 e. The Morgan fingerprint density at radius 2 is 1.88 bits per heavy atom. The standard InChI is InChI=1S/C24H20F2N6O2/c1-2-34-21-6-3-14(13-27-21)19-5-4-18(12-20(19)22-29-31-32-30-22)28-23(33)24(7-8-24)15-9-16(25)11-17(26)10-15/h3-6,9-13H,2,7-8H2,1H3,(H,28,33)(H,29,30,31,32). The van der Waals surface area contributed by atoms with Gasteiger partial charge in [-0.2, -0.15) is 0 Å². The quantitative estimate of drug-likeness (QED) is 0.425. The molecular weight excluding hydrogens is 442 g/mol. The molecular formula is C24H20F2N6O2. The van der Waals surface area contributed by atoms with E-state index < -0.39 is 17.0 Å². The minimum absolute atomic E-state index is 0.324. The minimum Gasteiger partial charge on any atom is -0.478 e. The molecule has 0 atom stereocenters. The van der Waals surface area contributed by atoms with Gasteiger partial charge in [0, 0.05) is 35.1 Å². The lowest BCUT2D eigenvalue weighted by Crippen LogP contribution is -2.28. The Kier molecular flexibility index (Phi) is 5.48. The molecule has 1 aliphatic rings. The van der Waals surface area contributed by atoms with Crippen LogP contribution in [0.2, 0.25) is 0 Å². The average molecular weight is 462 g/mol. The number of pyridine rings is 1. The van der Waals surface area contributed by atoms with E-state index in [2.05, 4.69) is 30.9 Å². The molecule has 0 bridgehead atoms. The predicted molar refractivity (Wildman–Crippen MR) is 120 cm³/mol. The van der Waals surface area contributed by atoms with Crippen LogP contribution in [-0.2, 0) is 10.2 Å². The third-order valence-corrected chi connectivity index (χ3v) is 5.82. The summed E-state index contributed by atoms with van der Waals surface area (Å²) in [6, 6.07) is 12.2. The number of carbonyl (C=O) groups is 1. The summed E-state index contributed by atoms with van der Waals surface area (Å²) in [5.41, 5.74) is 2.13. The number of hydrogen-bond acceptors (Lipinski definition) is 6. The van der Waals surface area contributed by atoms with Gasteiger partial charge in [0.25, 0.3) is 0 Å². The fraction of sp³-hybridized carbons (Fsp3) is 0.208. The van der Waals surface area contributed by atoms with Crippen LogP contribution >= 0.6 is 0 Å². The molecule has 5 rings (SSSR count). The average Bonchev–Trinajstić information content (AvgIpc) is 3.46. The monoisotopic (exact) mass is 462 g/mol. The number of nitrogens with zero attached hydrogens (tertiary/aromatic N) is 4. The molecule has 0 spiro atoms. The number of ether oxygens (including phenoxy) is 1. The Bertz CT molecular complexity index is 1320. The topological polar surface area (TPSA) is 106 Å². The predicted octanol–water partition coefficient (Wildman–Crippen LogP) is 4.28. The molecule has 34 heavy (non-hydrogen) atoms. The number of H-pyrrole nitrogens is 1. The molecule has 0 aliphatic heterocycles.